The van der Waals surface area contributed by atoms with Gasteiger partial charge in [-0.15, -0.1) is 5.10 Å². The fourth-order valence-corrected chi connectivity index (χ4v) is 5.02. The molecule has 5 heterocycles. The van der Waals surface area contributed by atoms with Crippen LogP contribution in [-0.4, -0.2) is 44.5 Å². The smallest absolute Gasteiger partial charge is 0.255 e. The van der Waals surface area contributed by atoms with E-state index in [2.05, 4.69) is 30.9 Å². The number of para-hydroxylation sites is 1. The number of amides is 1. The molecule has 4 bridgehead atoms. The molecule has 11 heteroatoms. The first-order valence-corrected chi connectivity index (χ1v) is 12.2. The van der Waals surface area contributed by atoms with Gasteiger partial charge in [0, 0.05) is 36.5 Å². The van der Waals surface area contributed by atoms with Crippen molar-refractivity contribution in [1.82, 2.24) is 30.3 Å². The number of fused-ring (bicyclic) bond motifs is 5. The highest BCUT2D eigenvalue weighted by Crippen LogP contribution is 2.44. The Morgan fingerprint density at radius 1 is 1.27 bits per heavy atom. The molecule has 190 valence electrons. The van der Waals surface area contributed by atoms with Gasteiger partial charge >= 0.3 is 0 Å². The minimum absolute atomic E-state index is 0.0626. The van der Waals surface area contributed by atoms with Crippen LogP contribution >= 0.6 is 0 Å². The van der Waals surface area contributed by atoms with Crippen LogP contribution in [0.15, 0.2) is 42.9 Å². The molecule has 0 saturated heterocycles. The molecule has 0 aliphatic carbocycles. The third-order valence-electron chi connectivity index (χ3n) is 6.81. The van der Waals surface area contributed by atoms with Crippen LogP contribution in [0.5, 0.6) is 11.5 Å². The van der Waals surface area contributed by atoms with Crippen molar-refractivity contribution < 1.29 is 18.7 Å². The Bertz CT molecular complexity index is 1460. The summed E-state index contributed by atoms with van der Waals surface area (Å²) in [5, 5.41) is 14.8. The monoisotopic (exact) mass is 503 g/mol. The van der Waals surface area contributed by atoms with Gasteiger partial charge in [-0.2, -0.15) is 0 Å². The van der Waals surface area contributed by atoms with Crippen LogP contribution in [0, 0.1) is 5.82 Å². The van der Waals surface area contributed by atoms with Gasteiger partial charge in [0.05, 0.1) is 42.1 Å². The standard InChI is InChI=1S/C26H26FN7O3/c1-36-25-18(27)6-4-7-19(25)30-24-21-22-15(11-29-26(21)35)5-2-3-10-34-13-16(32-33-34)14-37-20-12-28-9-8-17(20)23(24)31-22/h4,6-9,12-13,15,30-31H,2-3,5,10-11,14H2,1H3,(H,29,35). The summed E-state index contributed by atoms with van der Waals surface area (Å²) < 4.78 is 27.8. The highest BCUT2D eigenvalue weighted by molar-refractivity contribution is 6.07. The Labute approximate surface area is 212 Å². The van der Waals surface area contributed by atoms with Crippen molar-refractivity contribution >= 4 is 17.3 Å². The highest BCUT2D eigenvalue weighted by Gasteiger charge is 2.33. The number of aromatic amines is 1. The van der Waals surface area contributed by atoms with Crippen molar-refractivity contribution in [3.8, 4) is 22.8 Å². The first kappa shape index (κ1) is 23.0. The number of aromatic nitrogens is 5. The van der Waals surface area contributed by atoms with Gasteiger partial charge in [-0.05, 0) is 31.0 Å². The topological polar surface area (TPSA) is 119 Å². The van der Waals surface area contributed by atoms with E-state index in [9.17, 15) is 9.18 Å². The third-order valence-corrected chi connectivity index (χ3v) is 6.81. The number of hydrogen-bond donors (Lipinski definition) is 3. The van der Waals surface area contributed by atoms with E-state index in [1.165, 1.54) is 13.2 Å². The Kier molecular flexibility index (Phi) is 5.95. The number of carbonyl (C=O) groups is 1. The summed E-state index contributed by atoms with van der Waals surface area (Å²) in [6.45, 7) is 1.49. The predicted octanol–water partition coefficient (Wildman–Crippen LogP) is 4.15. The number of pyridine rings is 1. The lowest BCUT2D eigenvalue weighted by Crippen LogP contribution is -2.35. The maximum absolute atomic E-state index is 14.5. The van der Waals surface area contributed by atoms with Crippen molar-refractivity contribution in [2.75, 3.05) is 19.0 Å². The predicted molar refractivity (Wildman–Crippen MR) is 134 cm³/mol. The fourth-order valence-electron chi connectivity index (χ4n) is 5.02. The molecule has 4 aromatic rings. The number of nitrogens with one attached hydrogen (secondary N) is 3. The maximum Gasteiger partial charge on any atom is 0.255 e. The number of ether oxygens (including phenoxy) is 2. The largest absolute Gasteiger partial charge is 0.492 e. The summed E-state index contributed by atoms with van der Waals surface area (Å²) in [4.78, 5) is 21.0. The van der Waals surface area contributed by atoms with Gasteiger partial charge in [0.1, 0.15) is 18.1 Å². The van der Waals surface area contributed by atoms with Crippen molar-refractivity contribution in [2.24, 2.45) is 0 Å². The quantitative estimate of drug-likeness (QED) is 0.384. The van der Waals surface area contributed by atoms with E-state index >= 15 is 0 Å². The SMILES string of the molecule is COc1c(F)cccc1Nc1c2[nH]c3c1C(=O)NCC3CCCCn1cc(nn1)COc1cnccc1-2. The summed E-state index contributed by atoms with van der Waals surface area (Å²) in [6, 6.07) is 6.45. The number of rotatable bonds is 3. The normalized spacial score (nSPS) is 17.0. The molecule has 0 radical (unpaired) electrons. The number of anilines is 2. The second-order valence-corrected chi connectivity index (χ2v) is 9.15. The summed E-state index contributed by atoms with van der Waals surface area (Å²) in [5.41, 5.74) is 4.34. The van der Waals surface area contributed by atoms with Gasteiger partial charge in [-0.3, -0.25) is 14.5 Å². The number of nitrogens with zero attached hydrogens (tertiary/aromatic N) is 4. The number of halogens is 1. The minimum Gasteiger partial charge on any atom is -0.492 e. The molecule has 3 N–H and O–H groups in total. The second-order valence-electron chi connectivity index (χ2n) is 9.15. The lowest BCUT2D eigenvalue weighted by Gasteiger charge is -2.24. The van der Waals surface area contributed by atoms with Gasteiger partial charge < -0.3 is 25.1 Å². The lowest BCUT2D eigenvalue weighted by atomic mass is 9.91. The summed E-state index contributed by atoms with van der Waals surface area (Å²) >= 11 is 0. The molecule has 1 aromatic carbocycles. The molecular weight excluding hydrogens is 477 g/mol. The zero-order chi connectivity index (χ0) is 25.4. The van der Waals surface area contributed by atoms with Crippen LogP contribution in [0.4, 0.5) is 15.8 Å². The van der Waals surface area contributed by atoms with E-state index in [-0.39, 0.29) is 24.2 Å². The summed E-state index contributed by atoms with van der Waals surface area (Å²) in [5.74, 6) is -0.0456. The summed E-state index contributed by atoms with van der Waals surface area (Å²) in [7, 11) is 1.41. The average Bonchev–Trinajstić information content (AvgIpc) is 3.52. The number of aryl methyl sites for hydroxylation is 1. The molecule has 0 spiro atoms. The molecule has 2 aliphatic heterocycles. The van der Waals surface area contributed by atoms with Crippen molar-refractivity contribution in [2.45, 2.75) is 38.3 Å². The van der Waals surface area contributed by atoms with E-state index in [0.717, 1.165) is 31.5 Å². The molecule has 10 nitrogen and oxygen atoms in total. The van der Waals surface area contributed by atoms with E-state index in [1.54, 1.807) is 24.5 Å². The van der Waals surface area contributed by atoms with E-state index < -0.39 is 5.82 Å². The van der Waals surface area contributed by atoms with Crippen molar-refractivity contribution in [3.63, 3.8) is 0 Å². The van der Waals surface area contributed by atoms with E-state index in [4.69, 9.17) is 9.47 Å². The Morgan fingerprint density at radius 2 is 2.19 bits per heavy atom. The summed E-state index contributed by atoms with van der Waals surface area (Å²) in [6.07, 6.45) is 7.92. The van der Waals surface area contributed by atoms with E-state index in [1.807, 2.05) is 16.9 Å². The number of methoxy groups -OCH3 is 1. The average molecular weight is 504 g/mol. The highest BCUT2D eigenvalue weighted by atomic mass is 19.1. The molecule has 0 saturated carbocycles. The van der Waals surface area contributed by atoms with Crippen molar-refractivity contribution in [3.05, 3.63) is 65.6 Å². The van der Waals surface area contributed by atoms with Gasteiger partial charge in [0.15, 0.2) is 11.6 Å². The van der Waals surface area contributed by atoms with Crippen LogP contribution in [-0.2, 0) is 13.2 Å². The molecule has 37 heavy (non-hydrogen) atoms. The van der Waals surface area contributed by atoms with Gasteiger partial charge in [0.2, 0.25) is 0 Å². The third kappa shape index (κ3) is 4.26. The molecule has 2 aliphatic rings. The number of hydrogen-bond acceptors (Lipinski definition) is 7. The Balaban J connectivity index is 1.52. The molecule has 0 fully saturated rings. The van der Waals surface area contributed by atoms with Crippen LogP contribution in [0.1, 0.15) is 46.9 Å². The number of H-pyrrole nitrogens is 1. The molecule has 1 amide bonds. The van der Waals surface area contributed by atoms with Crippen LogP contribution in [0.2, 0.25) is 0 Å². The zero-order valence-corrected chi connectivity index (χ0v) is 20.3. The van der Waals surface area contributed by atoms with Gasteiger partial charge in [0.25, 0.3) is 5.91 Å². The maximum atomic E-state index is 14.5. The van der Waals surface area contributed by atoms with Gasteiger partial charge in [-0.25, -0.2) is 4.39 Å². The van der Waals surface area contributed by atoms with Crippen LogP contribution in [0.3, 0.4) is 0 Å². The molecule has 6 rings (SSSR count). The second kappa shape index (κ2) is 9.57. The van der Waals surface area contributed by atoms with Crippen molar-refractivity contribution in [1.29, 1.82) is 0 Å². The lowest BCUT2D eigenvalue weighted by molar-refractivity contribution is 0.0939. The van der Waals surface area contributed by atoms with Crippen LogP contribution in [0.25, 0.3) is 11.3 Å². The Morgan fingerprint density at radius 3 is 3.08 bits per heavy atom. The molecule has 3 aromatic heterocycles. The molecule has 1 atom stereocenters. The fraction of sp³-hybridized carbons (Fsp3) is 0.308. The minimum atomic E-state index is -0.504. The molecular formula is C26H26FN7O3. The zero-order valence-electron chi connectivity index (χ0n) is 20.3. The first-order valence-electron chi connectivity index (χ1n) is 12.2. The Hall–Kier alpha value is -4.41. The molecule has 1 unspecified atom stereocenters. The number of benzene rings is 1. The van der Waals surface area contributed by atoms with Crippen LogP contribution < -0.4 is 20.1 Å². The number of carbonyl (C=O) groups excluding carboxylic acids is 1. The first-order chi connectivity index (χ1) is 18.1. The van der Waals surface area contributed by atoms with Gasteiger partial charge in [-0.1, -0.05) is 17.7 Å². The van der Waals surface area contributed by atoms with E-state index in [0.29, 0.717) is 46.2 Å².